The van der Waals surface area contributed by atoms with Crippen LogP contribution in [0.25, 0.3) is 5.69 Å². The molecule has 1 aromatic heterocycles. The first-order chi connectivity index (χ1) is 19.9. The number of piperazine rings is 1. The smallest absolute Gasteiger partial charge is 0.338 e. The van der Waals surface area contributed by atoms with E-state index in [1.165, 1.54) is 23.0 Å². The Labute approximate surface area is 249 Å². The monoisotopic (exact) mass is 580 g/mol. The lowest BCUT2D eigenvalue weighted by Crippen LogP contribution is -2.58. The molecule has 11 nitrogen and oxygen atoms in total. The topological polar surface area (TPSA) is 143 Å². The second-order valence-corrected chi connectivity index (χ2v) is 12.5. The molecule has 1 aliphatic heterocycles. The summed E-state index contributed by atoms with van der Waals surface area (Å²) in [6, 6.07) is 10.0. The predicted octanol–water partition coefficient (Wildman–Crippen LogP) is 2.42. The Morgan fingerprint density at radius 1 is 1.10 bits per heavy atom. The summed E-state index contributed by atoms with van der Waals surface area (Å²) in [5.74, 6) is 0.723. The van der Waals surface area contributed by atoms with Crippen LogP contribution in [0.4, 0.5) is 10.6 Å². The molecule has 1 saturated heterocycles. The number of amides is 3. The minimum absolute atomic E-state index is 0.140. The van der Waals surface area contributed by atoms with Crippen molar-refractivity contribution in [1.29, 1.82) is 0 Å². The molecule has 5 N–H and O–H groups in total. The molecule has 2 aliphatic rings. The van der Waals surface area contributed by atoms with E-state index in [0.717, 1.165) is 32.4 Å². The number of urea groups is 1. The fourth-order valence-electron chi connectivity index (χ4n) is 6.09. The minimum atomic E-state index is -0.947. The maximum absolute atomic E-state index is 12.8. The zero-order chi connectivity index (χ0) is 30.4. The molecule has 4 rings (SSSR count). The van der Waals surface area contributed by atoms with Crippen molar-refractivity contribution in [1.82, 2.24) is 24.3 Å². The van der Waals surface area contributed by atoms with Gasteiger partial charge < -0.3 is 26.2 Å². The molecule has 2 unspecified atom stereocenters. The van der Waals surface area contributed by atoms with Gasteiger partial charge in [0.05, 0.1) is 11.2 Å². The van der Waals surface area contributed by atoms with Gasteiger partial charge >= 0.3 is 11.7 Å². The summed E-state index contributed by atoms with van der Waals surface area (Å²) < 4.78 is 1.46. The number of aromatic nitrogens is 2. The summed E-state index contributed by atoms with van der Waals surface area (Å²) in [6.45, 7) is 11.5. The highest BCUT2D eigenvalue weighted by molar-refractivity contribution is 5.89. The van der Waals surface area contributed by atoms with Gasteiger partial charge in [-0.25, -0.2) is 9.59 Å². The maximum atomic E-state index is 12.8. The van der Waals surface area contributed by atoms with Crippen molar-refractivity contribution >= 4 is 17.8 Å². The molecule has 2 fully saturated rings. The zero-order valence-corrected chi connectivity index (χ0v) is 25.6. The number of nitrogens with one attached hydrogen (secondary N) is 1. The number of benzene rings is 1. The number of anilines is 1. The van der Waals surface area contributed by atoms with E-state index in [9.17, 15) is 14.4 Å². The quantitative estimate of drug-likeness (QED) is 0.413. The van der Waals surface area contributed by atoms with E-state index in [0.29, 0.717) is 49.9 Å². The number of carbonyl (C=O) groups is 2. The van der Waals surface area contributed by atoms with E-state index in [1.807, 2.05) is 12.1 Å². The molecular formula is C31H48N8O3. The molecule has 2 heterocycles. The van der Waals surface area contributed by atoms with Gasteiger partial charge in [0.1, 0.15) is 5.82 Å². The van der Waals surface area contributed by atoms with Crippen LogP contribution in [-0.2, 0) is 11.2 Å². The van der Waals surface area contributed by atoms with Crippen molar-refractivity contribution in [2.24, 2.45) is 17.4 Å². The van der Waals surface area contributed by atoms with Gasteiger partial charge in [-0.2, -0.15) is 4.98 Å². The van der Waals surface area contributed by atoms with Gasteiger partial charge in [-0.15, -0.1) is 0 Å². The molecule has 0 spiro atoms. The van der Waals surface area contributed by atoms with Crippen LogP contribution in [0.5, 0.6) is 0 Å². The van der Waals surface area contributed by atoms with Gasteiger partial charge in [0.15, 0.2) is 0 Å². The highest BCUT2D eigenvalue weighted by Crippen LogP contribution is 2.25. The molecular weight excluding hydrogens is 532 g/mol. The first-order valence-corrected chi connectivity index (χ1v) is 15.3. The van der Waals surface area contributed by atoms with E-state index in [-0.39, 0.29) is 17.8 Å². The highest BCUT2D eigenvalue weighted by Gasteiger charge is 2.31. The lowest BCUT2D eigenvalue weighted by Gasteiger charge is -2.37. The number of hydrogen-bond acceptors (Lipinski definition) is 7. The molecule has 11 heteroatoms. The van der Waals surface area contributed by atoms with Crippen molar-refractivity contribution in [2.45, 2.75) is 77.4 Å². The molecule has 2 aromatic rings. The van der Waals surface area contributed by atoms with E-state index < -0.39 is 11.2 Å². The second-order valence-electron chi connectivity index (χ2n) is 12.5. The largest absolute Gasteiger partial charge is 0.354 e. The molecule has 3 atom stereocenters. The van der Waals surface area contributed by atoms with E-state index >= 15 is 0 Å². The molecule has 230 valence electrons. The van der Waals surface area contributed by atoms with Gasteiger partial charge in [-0.1, -0.05) is 25.5 Å². The first kappa shape index (κ1) is 31.7. The lowest BCUT2D eigenvalue weighted by atomic mass is 9.85. The van der Waals surface area contributed by atoms with Gasteiger partial charge in [0, 0.05) is 51.0 Å². The van der Waals surface area contributed by atoms with Gasteiger partial charge in [0.2, 0.25) is 5.91 Å². The third-order valence-electron chi connectivity index (χ3n) is 8.54. The Hall–Kier alpha value is -3.28. The van der Waals surface area contributed by atoms with E-state index in [1.54, 1.807) is 35.9 Å². The number of rotatable bonds is 9. The third kappa shape index (κ3) is 8.17. The predicted molar refractivity (Wildman–Crippen MR) is 166 cm³/mol. The van der Waals surface area contributed by atoms with Crippen molar-refractivity contribution < 1.29 is 9.59 Å². The van der Waals surface area contributed by atoms with Crippen LogP contribution in [0.3, 0.4) is 0 Å². The molecule has 0 radical (unpaired) electrons. The van der Waals surface area contributed by atoms with Gasteiger partial charge in [-0.3, -0.25) is 14.7 Å². The Balaban J connectivity index is 1.31. The SMILES string of the molecule is CCN(CC1CCC[C@@H](N)C1)C(C)Cc1ccc(-n2ccc(NC(=O)N3CCN(C(=O)C(C)(C)N)CC3)nc2=O)cc1. The Bertz CT molecular complexity index is 1260. The summed E-state index contributed by atoms with van der Waals surface area (Å²) in [7, 11) is 0. The zero-order valence-electron chi connectivity index (χ0n) is 25.6. The highest BCUT2D eigenvalue weighted by atomic mass is 16.2. The van der Waals surface area contributed by atoms with Crippen LogP contribution in [0.15, 0.2) is 41.3 Å². The summed E-state index contributed by atoms with van der Waals surface area (Å²) in [6.07, 6.45) is 7.32. The molecule has 1 aromatic carbocycles. The van der Waals surface area contributed by atoms with Crippen molar-refractivity contribution in [3.63, 3.8) is 0 Å². The standard InChI is InChI=1S/C31H48N8O3/c1-5-36(21-24-7-6-8-25(32)20-24)22(2)19-23-9-11-26(12-10-23)39-14-13-27(35-30(39)42)34-29(41)38-17-15-37(16-18-38)28(40)31(3,4)33/h9-14,22,24-25H,5-8,15-21,32-33H2,1-4H3,(H,34,35,41,42)/t22?,24?,25-/m1/s1. The molecule has 1 saturated carbocycles. The van der Waals surface area contributed by atoms with Crippen molar-refractivity contribution in [3.05, 3.63) is 52.6 Å². The van der Waals surface area contributed by atoms with E-state index in [4.69, 9.17) is 11.5 Å². The molecule has 0 bridgehead atoms. The normalized spacial score (nSPS) is 20.5. The number of nitrogens with two attached hydrogens (primary N) is 2. The lowest BCUT2D eigenvalue weighted by molar-refractivity contribution is -0.137. The average Bonchev–Trinajstić information content (AvgIpc) is 2.95. The minimum Gasteiger partial charge on any atom is -0.338 e. The number of carbonyl (C=O) groups excluding carboxylic acids is 2. The number of hydrogen-bond donors (Lipinski definition) is 3. The fourth-order valence-corrected chi connectivity index (χ4v) is 6.09. The summed E-state index contributed by atoms with van der Waals surface area (Å²) in [5.41, 5.74) is 12.6. The van der Waals surface area contributed by atoms with Crippen molar-refractivity contribution in [2.75, 3.05) is 44.6 Å². The van der Waals surface area contributed by atoms with Crippen molar-refractivity contribution in [3.8, 4) is 5.69 Å². The van der Waals surface area contributed by atoms with E-state index in [2.05, 4.69) is 41.2 Å². The summed E-state index contributed by atoms with van der Waals surface area (Å²) in [5, 5.41) is 2.71. The second kappa shape index (κ2) is 13.8. The van der Waals surface area contributed by atoms with Crippen LogP contribution in [0.2, 0.25) is 0 Å². The fraction of sp³-hybridized carbons (Fsp3) is 0.613. The van der Waals surface area contributed by atoms with Crippen LogP contribution >= 0.6 is 0 Å². The Morgan fingerprint density at radius 2 is 1.76 bits per heavy atom. The number of nitrogens with zero attached hydrogens (tertiary/aromatic N) is 5. The Kier molecular flexibility index (Phi) is 10.4. The van der Waals surface area contributed by atoms with Crippen LogP contribution < -0.4 is 22.5 Å². The van der Waals surface area contributed by atoms with Crippen LogP contribution in [0, 0.1) is 5.92 Å². The molecule has 1 aliphatic carbocycles. The summed E-state index contributed by atoms with van der Waals surface area (Å²) >= 11 is 0. The number of likely N-dealkylation sites (N-methyl/N-ethyl adjacent to an activating group) is 1. The first-order valence-electron chi connectivity index (χ1n) is 15.3. The van der Waals surface area contributed by atoms with Gasteiger partial charge in [-0.05, 0) is 82.7 Å². The van der Waals surface area contributed by atoms with Gasteiger partial charge in [0.25, 0.3) is 0 Å². The Morgan fingerprint density at radius 3 is 2.36 bits per heavy atom. The third-order valence-corrected chi connectivity index (χ3v) is 8.54. The maximum Gasteiger partial charge on any atom is 0.354 e. The average molecular weight is 581 g/mol. The molecule has 42 heavy (non-hydrogen) atoms. The van der Waals surface area contributed by atoms with Crippen LogP contribution in [-0.4, -0.2) is 93.1 Å². The van der Waals surface area contributed by atoms with Crippen LogP contribution in [0.1, 0.15) is 58.9 Å². The molecule has 3 amide bonds. The summed E-state index contributed by atoms with van der Waals surface area (Å²) in [4.78, 5) is 47.9.